The van der Waals surface area contributed by atoms with Gasteiger partial charge in [0, 0.05) is 0 Å². The summed E-state index contributed by atoms with van der Waals surface area (Å²) in [4.78, 5) is 0. The van der Waals surface area contributed by atoms with Crippen LogP contribution in [0.1, 0.15) is 17.5 Å². The van der Waals surface area contributed by atoms with E-state index >= 15 is 0 Å². The minimum absolute atomic E-state index is 0.910. The zero-order chi connectivity index (χ0) is 19.9. The molecule has 0 aromatic heterocycles. The average Bonchev–Trinajstić information content (AvgIpc) is 2.61. The van der Waals surface area contributed by atoms with Crippen LogP contribution in [0, 0.1) is 0 Å². The molecule has 0 bridgehead atoms. The van der Waals surface area contributed by atoms with Gasteiger partial charge >= 0.3 is 0 Å². The zero-order valence-electron chi connectivity index (χ0n) is 17.7. The number of hydrogen-bond acceptors (Lipinski definition) is 3. The van der Waals surface area contributed by atoms with Crippen LogP contribution >= 0.6 is 0 Å². The molecule has 0 aliphatic rings. The van der Waals surface area contributed by atoms with E-state index in [-0.39, 0.29) is 0 Å². The van der Waals surface area contributed by atoms with Gasteiger partial charge in [0.25, 0.3) is 0 Å². The van der Waals surface area contributed by atoms with Gasteiger partial charge < -0.3 is 13.6 Å². The van der Waals surface area contributed by atoms with E-state index in [1.54, 1.807) is 14.2 Å². The fraction of sp³-hybridized carbons (Fsp3) is 0.455. The van der Waals surface area contributed by atoms with E-state index in [0.29, 0.717) is 0 Å². The first-order valence-corrected chi connectivity index (χ1v) is 15.9. The first-order chi connectivity index (χ1) is 12.7. The molecule has 0 unspecified atom stereocenters. The molecule has 0 fully saturated rings. The normalized spacial score (nSPS) is 12.1. The molecule has 5 heteroatoms. The van der Waals surface area contributed by atoms with E-state index in [9.17, 15) is 0 Å². The summed E-state index contributed by atoms with van der Waals surface area (Å²) >= 11 is 0. The van der Waals surface area contributed by atoms with Gasteiger partial charge in [0.1, 0.15) is 11.5 Å². The van der Waals surface area contributed by atoms with Crippen molar-refractivity contribution in [3.63, 3.8) is 0 Å². The molecule has 0 saturated heterocycles. The lowest BCUT2D eigenvalue weighted by Gasteiger charge is -2.34. The summed E-state index contributed by atoms with van der Waals surface area (Å²) in [6.07, 6.45) is 2.28. The molecule has 0 saturated carbocycles. The van der Waals surface area contributed by atoms with Crippen molar-refractivity contribution >= 4 is 16.6 Å². The molecule has 3 nitrogen and oxygen atoms in total. The molecule has 0 aliphatic carbocycles. The topological polar surface area (TPSA) is 27.7 Å². The van der Waals surface area contributed by atoms with Crippen molar-refractivity contribution in [1.82, 2.24) is 0 Å². The highest BCUT2D eigenvalue weighted by Crippen LogP contribution is 2.25. The Balaban J connectivity index is 1.84. The van der Waals surface area contributed by atoms with Crippen molar-refractivity contribution in [2.75, 3.05) is 14.2 Å². The summed E-state index contributed by atoms with van der Waals surface area (Å²) < 4.78 is 17.3. The summed E-state index contributed by atoms with van der Waals surface area (Å²) in [6, 6.07) is 19.1. The van der Waals surface area contributed by atoms with Crippen LogP contribution in [0.25, 0.3) is 0 Å². The Morgan fingerprint density at radius 1 is 0.667 bits per heavy atom. The minimum atomic E-state index is -1.74. The fourth-order valence-corrected chi connectivity index (χ4v) is 12.5. The molecule has 0 aliphatic heterocycles. The van der Waals surface area contributed by atoms with Crippen molar-refractivity contribution in [3.8, 4) is 11.5 Å². The van der Waals surface area contributed by atoms with E-state index in [1.807, 2.05) is 24.3 Å². The van der Waals surface area contributed by atoms with Gasteiger partial charge in [0.2, 0.25) is 0 Å². The molecule has 0 N–H and O–H groups in total. The molecule has 2 rings (SSSR count). The lowest BCUT2D eigenvalue weighted by molar-refractivity contribution is 0.414. The quantitative estimate of drug-likeness (QED) is 0.467. The summed E-state index contributed by atoms with van der Waals surface area (Å²) in [5.41, 5.74) is 2.71. The van der Waals surface area contributed by atoms with Gasteiger partial charge in [-0.2, -0.15) is 0 Å². The van der Waals surface area contributed by atoms with E-state index in [0.717, 1.165) is 24.0 Å². The van der Waals surface area contributed by atoms with Crippen molar-refractivity contribution in [1.29, 1.82) is 0 Å². The highest BCUT2D eigenvalue weighted by atomic mass is 28.4. The molecule has 2 aromatic carbocycles. The van der Waals surface area contributed by atoms with Crippen LogP contribution in [0.3, 0.4) is 0 Å². The molecule has 0 atom stereocenters. The standard InChI is InChI=1S/C22H34O3Si2/c1-23-21-13-9-19(10-14-21)8-7-17-26(3,4)25-27(5,6)18-20-11-15-22(24-2)16-12-20/h9-16H,7-8,17-18H2,1-6H3. The predicted octanol–water partition coefficient (Wildman–Crippen LogP) is 5.85. The second-order valence-electron chi connectivity index (χ2n) is 8.35. The van der Waals surface area contributed by atoms with Crippen LogP contribution in [0.2, 0.25) is 32.2 Å². The number of hydrogen-bond donors (Lipinski definition) is 0. The molecule has 0 amide bonds. The van der Waals surface area contributed by atoms with Crippen LogP contribution < -0.4 is 9.47 Å². The highest BCUT2D eigenvalue weighted by molar-refractivity contribution is 6.84. The smallest absolute Gasteiger partial charge is 0.177 e. The number of benzene rings is 2. The fourth-order valence-electron chi connectivity index (χ4n) is 3.58. The first kappa shape index (κ1) is 21.7. The highest BCUT2D eigenvalue weighted by Gasteiger charge is 2.32. The summed E-state index contributed by atoms with van der Waals surface area (Å²) in [7, 11) is -0.00250. The third kappa shape index (κ3) is 7.52. The van der Waals surface area contributed by atoms with E-state index < -0.39 is 16.6 Å². The maximum absolute atomic E-state index is 6.79. The first-order valence-electron chi connectivity index (χ1n) is 9.69. The summed E-state index contributed by atoms with van der Waals surface area (Å²) in [5, 5.41) is 0. The van der Waals surface area contributed by atoms with Gasteiger partial charge in [0.05, 0.1) is 14.2 Å². The van der Waals surface area contributed by atoms with Gasteiger partial charge in [-0.1, -0.05) is 24.3 Å². The van der Waals surface area contributed by atoms with Crippen LogP contribution in [0.15, 0.2) is 48.5 Å². The third-order valence-electron chi connectivity index (χ3n) is 4.74. The Kier molecular flexibility index (Phi) is 7.71. The van der Waals surface area contributed by atoms with Gasteiger partial charge in [-0.25, -0.2) is 0 Å². The summed E-state index contributed by atoms with van der Waals surface area (Å²) in [6.45, 7) is 9.42. The molecule has 27 heavy (non-hydrogen) atoms. The second kappa shape index (κ2) is 9.58. The maximum atomic E-state index is 6.79. The van der Waals surface area contributed by atoms with Crippen LogP contribution in [-0.2, 0) is 16.6 Å². The van der Waals surface area contributed by atoms with E-state index in [2.05, 4.69) is 50.5 Å². The Morgan fingerprint density at radius 3 is 1.63 bits per heavy atom. The van der Waals surface area contributed by atoms with Crippen molar-refractivity contribution in [2.24, 2.45) is 0 Å². The Bertz CT molecular complexity index is 695. The number of rotatable bonds is 10. The van der Waals surface area contributed by atoms with E-state index in [1.165, 1.54) is 23.6 Å². The molecule has 0 heterocycles. The Morgan fingerprint density at radius 2 is 1.15 bits per heavy atom. The number of aryl methyl sites for hydroxylation is 1. The molecular weight excluding hydrogens is 368 g/mol. The predicted molar refractivity (Wildman–Crippen MR) is 119 cm³/mol. The largest absolute Gasteiger partial charge is 0.497 e. The van der Waals surface area contributed by atoms with Crippen LogP contribution in [0.5, 0.6) is 11.5 Å². The monoisotopic (exact) mass is 402 g/mol. The molecular formula is C22H34O3Si2. The minimum Gasteiger partial charge on any atom is -0.497 e. The van der Waals surface area contributed by atoms with Crippen molar-refractivity contribution in [3.05, 3.63) is 59.7 Å². The van der Waals surface area contributed by atoms with Gasteiger partial charge in [-0.15, -0.1) is 0 Å². The SMILES string of the molecule is COc1ccc(CCC[Si](C)(C)O[Si](C)(C)Cc2ccc(OC)cc2)cc1. The maximum Gasteiger partial charge on any atom is 0.177 e. The molecule has 2 aromatic rings. The number of methoxy groups -OCH3 is 2. The Labute approximate surface area is 166 Å². The second-order valence-corrected chi connectivity index (χ2v) is 17.1. The van der Waals surface area contributed by atoms with Crippen molar-refractivity contribution in [2.45, 2.75) is 51.1 Å². The average molecular weight is 403 g/mol. The van der Waals surface area contributed by atoms with E-state index in [4.69, 9.17) is 13.6 Å². The Hall–Kier alpha value is -1.57. The molecule has 0 spiro atoms. The lowest BCUT2D eigenvalue weighted by atomic mass is 10.1. The zero-order valence-corrected chi connectivity index (χ0v) is 19.7. The molecule has 0 radical (unpaired) electrons. The summed E-state index contributed by atoms with van der Waals surface area (Å²) in [5.74, 6) is 1.83. The lowest BCUT2D eigenvalue weighted by Crippen LogP contribution is -2.46. The molecule has 148 valence electrons. The van der Waals surface area contributed by atoms with Gasteiger partial charge in [0.15, 0.2) is 16.6 Å². The van der Waals surface area contributed by atoms with Gasteiger partial charge in [-0.05, 0) is 86.5 Å². The van der Waals surface area contributed by atoms with Crippen molar-refractivity contribution < 1.29 is 13.6 Å². The third-order valence-corrected chi connectivity index (χ3v) is 12.0. The number of ether oxygens (including phenoxy) is 2. The van der Waals surface area contributed by atoms with Crippen LogP contribution in [0.4, 0.5) is 0 Å². The van der Waals surface area contributed by atoms with Gasteiger partial charge in [-0.3, -0.25) is 0 Å². The van der Waals surface area contributed by atoms with Crippen LogP contribution in [-0.4, -0.2) is 30.9 Å².